The lowest BCUT2D eigenvalue weighted by molar-refractivity contribution is -0.128. The molecule has 0 radical (unpaired) electrons. The van der Waals surface area contributed by atoms with Gasteiger partial charge in [0.05, 0.1) is 7.11 Å². The molecule has 0 saturated carbocycles. The summed E-state index contributed by atoms with van der Waals surface area (Å²) < 4.78 is 45.2. The van der Waals surface area contributed by atoms with E-state index in [4.69, 9.17) is 4.74 Å². The maximum atomic E-state index is 13.4. The van der Waals surface area contributed by atoms with E-state index in [2.05, 4.69) is 0 Å². The number of hydrogen-bond donors (Lipinski definition) is 0. The summed E-state index contributed by atoms with van der Waals surface area (Å²) in [5.74, 6) is -0.615. The van der Waals surface area contributed by atoms with Crippen LogP contribution in [0.3, 0.4) is 0 Å². The summed E-state index contributed by atoms with van der Waals surface area (Å²) in [6.07, 6.45) is 0.538. The van der Waals surface area contributed by atoms with E-state index in [1.54, 1.807) is 4.90 Å². The fourth-order valence-corrected chi connectivity index (χ4v) is 4.08. The molecule has 1 saturated heterocycles. The average Bonchev–Trinajstić information content (AvgIpc) is 2.73. The number of hydrogen-bond acceptors (Lipinski definition) is 4. The van der Waals surface area contributed by atoms with Crippen LogP contribution in [0.1, 0.15) is 13.3 Å². The molecular formula is C14H19FN2O4S. The Morgan fingerprint density at radius 2 is 1.95 bits per heavy atom. The van der Waals surface area contributed by atoms with Gasteiger partial charge in [-0.2, -0.15) is 4.31 Å². The fourth-order valence-electron chi connectivity index (χ4n) is 2.44. The lowest BCUT2D eigenvalue weighted by Gasteiger charge is -2.22. The Bertz CT molecular complexity index is 663. The fraction of sp³-hybridized carbons (Fsp3) is 0.500. The first-order valence-corrected chi connectivity index (χ1v) is 8.39. The summed E-state index contributed by atoms with van der Waals surface area (Å²) in [4.78, 5) is 12.8. The van der Waals surface area contributed by atoms with Gasteiger partial charge in [0.25, 0.3) is 0 Å². The van der Waals surface area contributed by atoms with Gasteiger partial charge in [-0.15, -0.1) is 0 Å². The van der Waals surface area contributed by atoms with E-state index in [0.29, 0.717) is 19.5 Å². The van der Waals surface area contributed by atoms with Gasteiger partial charge in [-0.25, -0.2) is 12.8 Å². The van der Waals surface area contributed by atoms with Crippen molar-refractivity contribution in [3.05, 3.63) is 24.0 Å². The predicted octanol–water partition coefficient (Wildman–Crippen LogP) is 1.08. The third kappa shape index (κ3) is 3.38. The maximum Gasteiger partial charge on any atom is 0.246 e. The number of carbonyl (C=O) groups excluding carboxylic acids is 1. The van der Waals surface area contributed by atoms with Gasteiger partial charge in [-0.3, -0.25) is 4.79 Å². The number of benzene rings is 1. The normalized spacial score (nSPS) is 17.1. The third-order valence-electron chi connectivity index (χ3n) is 3.64. The molecule has 0 aliphatic carbocycles. The average molecular weight is 330 g/mol. The summed E-state index contributed by atoms with van der Waals surface area (Å²) in [5.41, 5.74) is 0. The second-order valence-electron chi connectivity index (χ2n) is 5.06. The second-order valence-corrected chi connectivity index (χ2v) is 6.97. The molecule has 1 aromatic rings. The molecule has 1 aliphatic rings. The van der Waals surface area contributed by atoms with E-state index in [-0.39, 0.29) is 29.6 Å². The molecule has 0 atom stereocenters. The molecule has 122 valence electrons. The van der Waals surface area contributed by atoms with E-state index < -0.39 is 15.8 Å². The number of carbonyl (C=O) groups is 1. The summed E-state index contributed by atoms with van der Waals surface area (Å²) in [6.45, 7) is 2.76. The lowest BCUT2D eigenvalue weighted by atomic mass is 10.3. The number of ether oxygens (including phenoxy) is 1. The standard InChI is InChI=1S/C14H19FN2O4S/c1-11(18)16-6-3-7-17(9-8-16)22(19,20)14-10-12(15)4-5-13(14)21-2/h4-5,10H,3,6-9H2,1-2H3. The Hall–Kier alpha value is -1.67. The van der Waals surface area contributed by atoms with Crippen LogP contribution in [-0.2, 0) is 14.8 Å². The van der Waals surface area contributed by atoms with Crippen molar-refractivity contribution in [3.8, 4) is 5.75 Å². The molecule has 0 aromatic heterocycles. The van der Waals surface area contributed by atoms with Crippen molar-refractivity contribution >= 4 is 15.9 Å². The number of amides is 1. The van der Waals surface area contributed by atoms with Gasteiger partial charge < -0.3 is 9.64 Å². The Morgan fingerprint density at radius 1 is 1.23 bits per heavy atom. The molecule has 0 unspecified atom stereocenters. The highest BCUT2D eigenvalue weighted by atomic mass is 32.2. The van der Waals surface area contributed by atoms with Gasteiger partial charge in [-0.05, 0) is 24.6 Å². The van der Waals surface area contributed by atoms with Crippen molar-refractivity contribution in [1.82, 2.24) is 9.21 Å². The summed E-state index contributed by atoms with van der Waals surface area (Å²) in [6, 6.07) is 3.40. The smallest absolute Gasteiger partial charge is 0.246 e. The van der Waals surface area contributed by atoms with Crippen LogP contribution < -0.4 is 4.74 Å². The Balaban J connectivity index is 2.31. The number of methoxy groups -OCH3 is 1. The van der Waals surface area contributed by atoms with Crippen LogP contribution in [0.2, 0.25) is 0 Å². The molecule has 1 amide bonds. The third-order valence-corrected chi connectivity index (χ3v) is 5.56. The zero-order valence-corrected chi connectivity index (χ0v) is 13.4. The molecule has 0 spiro atoms. The first-order valence-electron chi connectivity index (χ1n) is 6.95. The SMILES string of the molecule is COc1ccc(F)cc1S(=O)(=O)N1CCCN(C(C)=O)CC1. The van der Waals surface area contributed by atoms with Crippen molar-refractivity contribution in [1.29, 1.82) is 0 Å². The Morgan fingerprint density at radius 3 is 2.59 bits per heavy atom. The van der Waals surface area contributed by atoms with Gasteiger partial charge in [0, 0.05) is 33.1 Å². The van der Waals surface area contributed by atoms with Crippen LogP contribution in [0, 0.1) is 5.82 Å². The summed E-state index contributed by atoms with van der Waals surface area (Å²) in [5, 5.41) is 0. The summed E-state index contributed by atoms with van der Waals surface area (Å²) >= 11 is 0. The van der Waals surface area contributed by atoms with Crippen LogP contribution in [0.25, 0.3) is 0 Å². The number of sulfonamides is 1. The van der Waals surface area contributed by atoms with Crippen LogP contribution in [-0.4, -0.2) is 56.8 Å². The Labute approximate surface area is 129 Å². The molecule has 1 heterocycles. The van der Waals surface area contributed by atoms with Crippen molar-refractivity contribution in [2.24, 2.45) is 0 Å². The number of nitrogens with zero attached hydrogens (tertiary/aromatic N) is 2. The minimum atomic E-state index is -3.87. The van der Waals surface area contributed by atoms with Crippen LogP contribution >= 0.6 is 0 Å². The van der Waals surface area contributed by atoms with E-state index in [0.717, 1.165) is 12.1 Å². The largest absolute Gasteiger partial charge is 0.495 e. The lowest BCUT2D eigenvalue weighted by Crippen LogP contribution is -2.36. The van der Waals surface area contributed by atoms with Crippen molar-refractivity contribution < 1.29 is 22.3 Å². The highest BCUT2D eigenvalue weighted by Crippen LogP contribution is 2.28. The Kier molecular flexibility index (Phi) is 5.02. The monoisotopic (exact) mass is 330 g/mol. The minimum absolute atomic E-state index is 0.0809. The summed E-state index contributed by atoms with van der Waals surface area (Å²) in [7, 11) is -2.53. The second kappa shape index (κ2) is 6.62. The first-order chi connectivity index (χ1) is 10.4. The van der Waals surface area contributed by atoms with E-state index in [1.165, 1.54) is 24.4 Å². The van der Waals surface area contributed by atoms with Gasteiger partial charge in [0.15, 0.2) is 0 Å². The van der Waals surface area contributed by atoms with E-state index >= 15 is 0 Å². The van der Waals surface area contributed by atoms with Crippen LogP contribution in [0.15, 0.2) is 23.1 Å². The van der Waals surface area contributed by atoms with Crippen molar-refractivity contribution in [2.75, 3.05) is 33.3 Å². The topological polar surface area (TPSA) is 66.9 Å². The van der Waals surface area contributed by atoms with Crippen molar-refractivity contribution in [3.63, 3.8) is 0 Å². The molecule has 22 heavy (non-hydrogen) atoms. The molecule has 1 aliphatic heterocycles. The van der Waals surface area contributed by atoms with Crippen molar-refractivity contribution in [2.45, 2.75) is 18.2 Å². The van der Waals surface area contributed by atoms with Crippen LogP contribution in [0.5, 0.6) is 5.75 Å². The zero-order valence-electron chi connectivity index (χ0n) is 12.6. The maximum absolute atomic E-state index is 13.4. The van der Waals surface area contributed by atoms with Gasteiger partial charge in [-0.1, -0.05) is 0 Å². The number of halogens is 1. The molecule has 1 aromatic carbocycles. The van der Waals surface area contributed by atoms with Gasteiger partial charge >= 0.3 is 0 Å². The highest BCUT2D eigenvalue weighted by Gasteiger charge is 2.30. The molecule has 8 heteroatoms. The van der Waals surface area contributed by atoms with E-state index in [9.17, 15) is 17.6 Å². The molecule has 0 N–H and O–H groups in total. The molecule has 0 bridgehead atoms. The van der Waals surface area contributed by atoms with Crippen LogP contribution in [0.4, 0.5) is 4.39 Å². The van der Waals surface area contributed by atoms with E-state index in [1.807, 2.05) is 0 Å². The molecule has 2 rings (SSSR count). The molecule has 1 fully saturated rings. The molecule has 6 nitrogen and oxygen atoms in total. The predicted molar refractivity (Wildman–Crippen MR) is 78.6 cm³/mol. The van der Waals surface area contributed by atoms with Gasteiger partial charge in [0.2, 0.25) is 15.9 Å². The quantitative estimate of drug-likeness (QED) is 0.832. The minimum Gasteiger partial charge on any atom is -0.495 e. The number of rotatable bonds is 3. The van der Waals surface area contributed by atoms with Gasteiger partial charge in [0.1, 0.15) is 16.5 Å². The first kappa shape index (κ1) is 16.7. The molecular weight excluding hydrogens is 311 g/mol. The highest BCUT2D eigenvalue weighted by molar-refractivity contribution is 7.89. The zero-order chi connectivity index (χ0) is 16.3.